The summed E-state index contributed by atoms with van der Waals surface area (Å²) in [4.78, 5) is 16.4. The number of ketones is 1. The van der Waals surface area contributed by atoms with Crippen LogP contribution in [0.5, 0.6) is 0 Å². The second-order valence-electron chi connectivity index (χ2n) is 6.38. The van der Waals surface area contributed by atoms with Crippen molar-refractivity contribution in [3.05, 3.63) is 12.0 Å². The first-order valence-electron chi connectivity index (χ1n) is 6.96. The summed E-state index contributed by atoms with van der Waals surface area (Å²) in [6.45, 7) is 0. The van der Waals surface area contributed by atoms with E-state index in [0.29, 0.717) is 17.6 Å². The Labute approximate surface area is 106 Å². The van der Waals surface area contributed by atoms with Gasteiger partial charge in [0.15, 0.2) is 5.76 Å². The molecule has 1 heterocycles. The molecule has 4 nitrogen and oxygen atoms in total. The van der Waals surface area contributed by atoms with Crippen molar-refractivity contribution >= 4 is 11.8 Å². The number of rotatable bonds is 2. The summed E-state index contributed by atoms with van der Waals surface area (Å²) in [7, 11) is 0. The van der Waals surface area contributed by atoms with Gasteiger partial charge in [0.2, 0.25) is 5.78 Å². The largest absolute Gasteiger partial charge is 0.421 e. The van der Waals surface area contributed by atoms with Crippen molar-refractivity contribution in [1.82, 2.24) is 4.98 Å². The highest BCUT2D eigenvalue weighted by Crippen LogP contribution is 2.57. The molecule has 5 rings (SSSR count). The maximum absolute atomic E-state index is 12.6. The smallest absolute Gasteiger partial charge is 0.292 e. The molecule has 4 saturated carbocycles. The predicted octanol–water partition coefficient (Wildman–Crippen LogP) is 2.51. The minimum atomic E-state index is 0.0992. The van der Waals surface area contributed by atoms with Gasteiger partial charge in [0, 0.05) is 5.92 Å². The van der Waals surface area contributed by atoms with E-state index in [1.54, 1.807) is 0 Å². The van der Waals surface area contributed by atoms with E-state index in [2.05, 4.69) is 4.98 Å². The number of carbonyl (C=O) groups is 1. The summed E-state index contributed by atoms with van der Waals surface area (Å²) in [5, 5.41) is 0. The zero-order chi connectivity index (χ0) is 12.3. The van der Waals surface area contributed by atoms with E-state index in [-0.39, 0.29) is 17.7 Å². The Morgan fingerprint density at radius 2 is 1.78 bits per heavy atom. The number of nitrogens with zero attached hydrogens (tertiary/aromatic N) is 1. The van der Waals surface area contributed by atoms with Crippen LogP contribution < -0.4 is 5.73 Å². The maximum atomic E-state index is 12.6. The SMILES string of the molecule is Nc1ncc(C(=O)C2C3CC4CC(C3)CC2C4)o1. The molecule has 4 aliphatic carbocycles. The number of Topliss-reactive ketones (excluding diaryl/α,β-unsaturated/α-hetero) is 1. The highest BCUT2D eigenvalue weighted by Gasteiger charge is 2.51. The molecule has 0 atom stereocenters. The van der Waals surface area contributed by atoms with Crippen LogP contribution in [0.2, 0.25) is 0 Å². The van der Waals surface area contributed by atoms with Gasteiger partial charge < -0.3 is 10.2 Å². The van der Waals surface area contributed by atoms with Gasteiger partial charge >= 0.3 is 0 Å². The van der Waals surface area contributed by atoms with Crippen LogP contribution in [0.1, 0.15) is 42.7 Å². The van der Waals surface area contributed by atoms with Gasteiger partial charge in [-0.2, -0.15) is 0 Å². The number of aromatic nitrogens is 1. The molecular weight excluding hydrogens is 228 g/mol. The second kappa shape index (κ2) is 3.59. The van der Waals surface area contributed by atoms with Crippen LogP contribution in [-0.2, 0) is 0 Å². The van der Waals surface area contributed by atoms with E-state index in [9.17, 15) is 4.79 Å². The minimum Gasteiger partial charge on any atom is -0.421 e. The molecule has 1 aromatic heterocycles. The van der Waals surface area contributed by atoms with Gasteiger partial charge in [-0.1, -0.05) is 0 Å². The first kappa shape index (κ1) is 10.6. The zero-order valence-corrected chi connectivity index (χ0v) is 10.3. The van der Waals surface area contributed by atoms with Gasteiger partial charge in [-0.15, -0.1) is 0 Å². The van der Waals surface area contributed by atoms with Crippen molar-refractivity contribution in [2.45, 2.75) is 32.1 Å². The number of nitrogens with two attached hydrogens (primary N) is 1. The number of anilines is 1. The fourth-order valence-corrected chi connectivity index (χ4v) is 4.92. The summed E-state index contributed by atoms with van der Waals surface area (Å²) >= 11 is 0. The second-order valence-corrected chi connectivity index (χ2v) is 6.38. The fourth-order valence-electron chi connectivity index (χ4n) is 4.92. The van der Waals surface area contributed by atoms with Gasteiger partial charge in [-0.25, -0.2) is 4.98 Å². The Morgan fingerprint density at radius 3 is 2.28 bits per heavy atom. The molecule has 0 aromatic carbocycles. The molecule has 4 heteroatoms. The zero-order valence-electron chi connectivity index (χ0n) is 10.3. The monoisotopic (exact) mass is 246 g/mol. The van der Waals surface area contributed by atoms with Crippen LogP contribution in [0.4, 0.5) is 6.01 Å². The third-order valence-corrected chi connectivity index (χ3v) is 5.30. The Hall–Kier alpha value is -1.32. The molecule has 4 aliphatic rings. The third-order valence-electron chi connectivity index (χ3n) is 5.30. The molecule has 0 unspecified atom stereocenters. The molecule has 0 saturated heterocycles. The normalized spacial score (nSPS) is 41.2. The van der Waals surface area contributed by atoms with E-state index in [4.69, 9.17) is 10.2 Å². The van der Waals surface area contributed by atoms with Crippen LogP contribution in [0, 0.1) is 29.6 Å². The Morgan fingerprint density at radius 1 is 1.17 bits per heavy atom. The van der Waals surface area contributed by atoms with Crippen molar-refractivity contribution in [2.24, 2.45) is 29.6 Å². The molecule has 1 aromatic rings. The van der Waals surface area contributed by atoms with Gasteiger partial charge in [-0.3, -0.25) is 4.79 Å². The third kappa shape index (κ3) is 1.44. The van der Waals surface area contributed by atoms with Gasteiger partial charge in [0.25, 0.3) is 6.01 Å². The number of hydrogen-bond donors (Lipinski definition) is 1. The highest BCUT2D eigenvalue weighted by molar-refractivity contribution is 5.95. The summed E-state index contributed by atoms with van der Waals surface area (Å²) in [5.74, 6) is 3.62. The molecule has 4 fully saturated rings. The van der Waals surface area contributed by atoms with Crippen LogP contribution in [0.3, 0.4) is 0 Å². The lowest BCUT2D eigenvalue weighted by Crippen LogP contribution is -2.47. The molecule has 4 bridgehead atoms. The Balaban J connectivity index is 1.63. The molecule has 2 N–H and O–H groups in total. The van der Waals surface area contributed by atoms with Gasteiger partial charge in [-0.05, 0) is 55.8 Å². The lowest BCUT2D eigenvalue weighted by molar-refractivity contribution is -0.0260. The van der Waals surface area contributed by atoms with E-state index in [1.807, 2.05) is 0 Å². The minimum absolute atomic E-state index is 0.0992. The van der Waals surface area contributed by atoms with Crippen molar-refractivity contribution in [2.75, 3.05) is 5.73 Å². The van der Waals surface area contributed by atoms with Gasteiger partial charge in [0.1, 0.15) is 0 Å². The molecule has 18 heavy (non-hydrogen) atoms. The predicted molar refractivity (Wildman–Crippen MR) is 65.8 cm³/mol. The lowest BCUT2D eigenvalue weighted by atomic mass is 9.51. The molecule has 96 valence electrons. The van der Waals surface area contributed by atoms with Crippen LogP contribution in [-0.4, -0.2) is 10.8 Å². The average Bonchev–Trinajstić information content (AvgIpc) is 2.74. The molecule has 0 radical (unpaired) electrons. The summed E-state index contributed by atoms with van der Waals surface area (Å²) < 4.78 is 5.22. The van der Waals surface area contributed by atoms with Crippen molar-refractivity contribution < 1.29 is 9.21 Å². The van der Waals surface area contributed by atoms with Crippen molar-refractivity contribution in [3.63, 3.8) is 0 Å². The lowest BCUT2D eigenvalue weighted by Gasteiger charge is -2.53. The standard InChI is InChI=1S/C14H18N2O2/c15-14-16-6-11(18-14)13(17)12-9-2-7-1-8(4-9)5-10(12)3-7/h6-10,12H,1-5H2,(H2,15,16). The first-order chi connectivity index (χ1) is 8.70. The fraction of sp³-hybridized carbons (Fsp3) is 0.714. The molecule has 0 amide bonds. The number of carbonyl (C=O) groups excluding carboxylic acids is 1. The van der Waals surface area contributed by atoms with Crippen LogP contribution in [0.25, 0.3) is 0 Å². The summed E-state index contributed by atoms with van der Waals surface area (Å²) in [6, 6.07) is 0.0992. The number of oxazole rings is 1. The molecule has 0 spiro atoms. The van der Waals surface area contributed by atoms with Gasteiger partial charge in [0.05, 0.1) is 6.20 Å². The van der Waals surface area contributed by atoms with Crippen molar-refractivity contribution in [1.29, 1.82) is 0 Å². The van der Waals surface area contributed by atoms with Crippen LogP contribution >= 0.6 is 0 Å². The highest BCUT2D eigenvalue weighted by atomic mass is 16.4. The average molecular weight is 246 g/mol. The Bertz CT molecular complexity index is 466. The number of nitrogen functional groups attached to an aromatic ring is 1. The first-order valence-corrected chi connectivity index (χ1v) is 6.96. The maximum Gasteiger partial charge on any atom is 0.292 e. The van der Waals surface area contributed by atoms with E-state index >= 15 is 0 Å². The molecular formula is C14H18N2O2. The quantitative estimate of drug-likeness (QED) is 0.814. The number of hydrogen-bond acceptors (Lipinski definition) is 4. The topological polar surface area (TPSA) is 69.1 Å². The summed E-state index contributed by atoms with van der Waals surface area (Å²) in [5.41, 5.74) is 5.46. The van der Waals surface area contributed by atoms with Crippen LogP contribution in [0.15, 0.2) is 10.6 Å². The van der Waals surface area contributed by atoms with E-state index < -0.39 is 0 Å². The molecule has 0 aliphatic heterocycles. The van der Waals surface area contributed by atoms with E-state index in [0.717, 1.165) is 11.8 Å². The van der Waals surface area contributed by atoms with Crippen molar-refractivity contribution in [3.8, 4) is 0 Å². The van der Waals surface area contributed by atoms with E-state index in [1.165, 1.54) is 38.3 Å². The Kier molecular flexibility index (Phi) is 2.11. The summed E-state index contributed by atoms with van der Waals surface area (Å²) in [6.07, 6.45) is 7.87.